The molecule has 1 N–H and O–H groups in total. The highest BCUT2D eigenvalue weighted by atomic mass is 16.1. The number of aromatic amines is 1. The largest absolute Gasteiger partial charge is 0.338 e. The van der Waals surface area contributed by atoms with E-state index in [0.717, 1.165) is 16.6 Å². The number of carbonyl (C=O) groups excluding carboxylic acids is 1. The number of hydrogen-bond donors (Lipinski definition) is 1. The first kappa shape index (κ1) is 15.7. The number of rotatable bonds is 5. The second kappa shape index (κ2) is 6.92. The van der Waals surface area contributed by atoms with Crippen LogP contribution in [-0.4, -0.2) is 15.8 Å². The highest BCUT2D eigenvalue weighted by Crippen LogP contribution is 2.22. The number of ketones is 1. The first-order valence-electron chi connectivity index (χ1n) is 7.75. The first-order chi connectivity index (χ1) is 11.7. The summed E-state index contributed by atoms with van der Waals surface area (Å²) in [4.78, 5) is 20.8. The minimum absolute atomic E-state index is 0.0635. The Balaban J connectivity index is 2.13. The molecule has 3 nitrogen and oxygen atoms in total. The zero-order valence-corrected chi connectivity index (χ0v) is 13.5. The third kappa shape index (κ3) is 3.25. The molecule has 0 aliphatic heterocycles. The molecule has 24 heavy (non-hydrogen) atoms. The zero-order chi connectivity index (χ0) is 16.9. The summed E-state index contributed by atoms with van der Waals surface area (Å²) in [6.45, 7) is 5.64. The molecular weight excluding hydrogens is 296 g/mol. The number of benzene rings is 2. The van der Waals surface area contributed by atoms with Gasteiger partial charge in [0.1, 0.15) is 5.82 Å². The molecule has 0 bridgehead atoms. The molecule has 0 aliphatic carbocycles. The Labute approximate surface area is 141 Å². The molecule has 0 unspecified atom stereocenters. The number of nitrogens with zero attached hydrogens (tertiary/aromatic N) is 1. The molecule has 0 saturated heterocycles. The van der Waals surface area contributed by atoms with Crippen LogP contribution >= 0.6 is 0 Å². The zero-order valence-electron chi connectivity index (χ0n) is 13.5. The van der Waals surface area contributed by atoms with Gasteiger partial charge >= 0.3 is 0 Å². The fraction of sp³-hybridized carbons (Fsp3) is 0.0476. The van der Waals surface area contributed by atoms with E-state index in [9.17, 15) is 4.79 Å². The molecule has 0 radical (unpaired) electrons. The number of fused-ring (bicyclic) bond motifs is 1. The quantitative estimate of drug-likeness (QED) is 0.411. The lowest BCUT2D eigenvalue weighted by molar-refractivity contribution is 0.105. The van der Waals surface area contributed by atoms with E-state index in [4.69, 9.17) is 0 Å². The van der Waals surface area contributed by atoms with Gasteiger partial charge in [-0.2, -0.15) is 0 Å². The molecule has 0 fully saturated rings. The number of imidazole rings is 1. The van der Waals surface area contributed by atoms with Gasteiger partial charge in [-0.1, -0.05) is 66.8 Å². The summed E-state index contributed by atoms with van der Waals surface area (Å²) in [5, 5.41) is 0. The van der Waals surface area contributed by atoms with E-state index in [1.807, 2.05) is 73.7 Å². The number of aromatic nitrogens is 2. The maximum atomic E-state index is 13.0. The van der Waals surface area contributed by atoms with Gasteiger partial charge in [-0.15, -0.1) is 0 Å². The van der Waals surface area contributed by atoms with Crippen LogP contribution in [0.3, 0.4) is 0 Å². The first-order valence-corrected chi connectivity index (χ1v) is 7.75. The number of allylic oxidation sites excluding steroid dienone is 5. The van der Waals surface area contributed by atoms with Crippen LogP contribution in [0.5, 0.6) is 0 Å². The molecule has 118 valence electrons. The Bertz CT molecular complexity index is 913. The number of carbonyl (C=O) groups is 1. The van der Waals surface area contributed by atoms with Gasteiger partial charge in [0.15, 0.2) is 5.78 Å². The van der Waals surface area contributed by atoms with Gasteiger partial charge in [0.25, 0.3) is 0 Å². The van der Waals surface area contributed by atoms with Crippen molar-refractivity contribution >= 4 is 22.4 Å². The molecule has 0 atom stereocenters. The number of nitrogens with one attached hydrogen (secondary N) is 1. The average molecular weight is 314 g/mol. The monoisotopic (exact) mass is 314 g/mol. The molecule has 0 saturated carbocycles. The second-order valence-corrected chi connectivity index (χ2v) is 5.50. The van der Waals surface area contributed by atoms with Crippen LogP contribution in [0, 0.1) is 0 Å². The number of para-hydroxylation sites is 2. The summed E-state index contributed by atoms with van der Waals surface area (Å²) in [5.41, 5.74) is 3.85. The second-order valence-electron chi connectivity index (χ2n) is 5.50. The average Bonchev–Trinajstić information content (AvgIpc) is 3.04. The molecule has 0 spiro atoms. The highest BCUT2D eigenvalue weighted by Gasteiger charge is 2.17. The van der Waals surface area contributed by atoms with Crippen LogP contribution in [0.2, 0.25) is 0 Å². The number of hydrogen-bond acceptors (Lipinski definition) is 2. The molecular formula is C21H18N2O. The third-order valence-electron chi connectivity index (χ3n) is 3.68. The summed E-state index contributed by atoms with van der Waals surface area (Å²) in [6.07, 6.45) is 5.41. The predicted molar refractivity (Wildman–Crippen MR) is 98.8 cm³/mol. The van der Waals surface area contributed by atoms with Crippen molar-refractivity contribution in [3.05, 3.63) is 96.4 Å². The third-order valence-corrected chi connectivity index (χ3v) is 3.68. The smallest absolute Gasteiger partial charge is 0.196 e. The maximum Gasteiger partial charge on any atom is 0.196 e. The maximum absolute atomic E-state index is 13.0. The Kier molecular flexibility index (Phi) is 4.52. The lowest BCUT2D eigenvalue weighted by Gasteiger charge is -2.05. The van der Waals surface area contributed by atoms with E-state index in [-0.39, 0.29) is 5.78 Å². The van der Waals surface area contributed by atoms with E-state index < -0.39 is 0 Å². The van der Waals surface area contributed by atoms with Crippen LogP contribution in [0.1, 0.15) is 23.1 Å². The van der Waals surface area contributed by atoms with E-state index in [1.54, 1.807) is 6.08 Å². The van der Waals surface area contributed by atoms with Crippen LogP contribution in [0.4, 0.5) is 0 Å². The standard InChI is InChI=1S/C21H18N2O/c1-3-9-15(2)14-17(20(24)16-10-5-4-6-11-16)21-22-18-12-7-8-13-19(18)23-21/h3-14H,1H2,2H3,(H,22,23)/b15-9+,17-14-. The van der Waals surface area contributed by atoms with E-state index >= 15 is 0 Å². The van der Waals surface area contributed by atoms with Gasteiger partial charge in [0.05, 0.1) is 16.6 Å². The highest BCUT2D eigenvalue weighted by molar-refractivity contribution is 6.28. The molecule has 0 amide bonds. The minimum atomic E-state index is -0.0635. The van der Waals surface area contributed by atoms with Crippen LogP contribution in [0.25, 0.3) is 16.6 Å². The Morgan fingerprint density at radius 1 is 1.08 bits per heavy atom. The number of H-pyrrole nitrogens is 1. The van der Waals surface area contributed by atoms with Gasteiger partial charge in [0, 0.05) is 5.56 Å². The SMILES string of the molecule is C=C/C=C(C)/C=C(/C(=O)c1ccccc1)c1nc2ccccc2[nH]1. The van der Waals surface area contributed by atoms with Crippen molar-refractivity contribution < 1.29 is 4.79 Å². The molecule has 1 heterocycles. The predicted octanol–water partition coefficient (Wildman–Crippen LogP) is 4.96. The molecule has 3 rings (SSSR count). The summed E-state index contributed by atoms with van der Waals surface area (Å²) in [6, 6.07) is 17.0. The Hall–Kier alpha value is -3.20. The van der Waals surface area contributed by atoms with Gasteiger partial charge in [0.2, 0.25) is 0 Å². The summed E-state index contributed by atoms with van der Waals surface area (Å²) in [5.74, 6) is 0.508. The lowest BCUT2D eigenvalue weighted by atomic mass is 10.0. The van der Waals surface area contributed by atoms with Crippen molar-refractivity contribution in [1.82, 2.24) is 9.97 Å². The fourth-order valence-corrected chi connectivity index (χ4v) is 2.53. The summed E-state index contributed by atoms with van der Waals surface area (Å²) in [7, 11) is 0. The Morgan fingerprint density at radius 3 is 2.50 bits per heavy atom. The normalized spacial score (nSPS) is 12.4. The molecule has 3 aromatic rings. The van der Waals surface area contributed by atoms with E-state index in [0.29, 0.717) is 17.0 Å². The van der Waals surface area contributed by atoms with Crippen molar-refractivity contribution in [2.75, 3.05) is 0 Å². The van der Waals surface area contributed by atoms with Gasteiger partial charge in [-0.3, -0.25) is 4.79 Å². The fourth-order valence-electron chi connectivity index (χ4n) is 2.53. The minimum Gasteiger partial charge on any atom is -0.338 e. The topological polar surface area (TPSA) is 45.8 Å². The summed E-state index contributed by atoms with van der Waals surface area (Å²) < 4.78 is 0. The summed E-state index contributed by atoms with van der Waals surface area (Å²) >= 11 is 0. The van der Waals surface area contributed by atoms with Crippen molar-refractivity contribution in [1.29, 1.82) is 0 Å². The van der Waals surface area contributed by atoms with E-state index in [2.05, 4.69) is 16.5 Å². The van der Waals surface area contributed by atoms with Gasteiger partial charge in [-0.25, -0.2) is 4.98 Å². The molecule has 2 aromatic carbocycles. The molecule has 0 aliphatic rings. The van der Waals surface area contributed by atoms with Crippen LogP contribution in [0.15, 0.2) is 85.0 Å². The van der Waals surface area contributed by atoms with Crippen molar-refractivity contribution in [3.63, 3.8) is 0 Å². The van der Waals surface area contributed by atoms with Crippen molar-refractivity contribution in [2.24, 2.45) is 0 Å². The van der Waals surface area contributed by atoms with Crippen LogP contribution < -0.4 is 0 Å². The number of Topliss-reactive ketones (excluding diaryl/α,β-unsaturated/α-hetero) is 1. The van der Waals surface area contributed by atoms with Crippen LogP contribution in [-0.2, 0) is 0 Å². The van der Waals surface area contributed by atoms with Gasteiger partial charge in [-0.05, 0) is 25.1 Å². The van der Waals surface area contributed by atoms with E-state index in [1.165, 1.54) is 0 Å². The van der Waals surface area contributed by atoms with Gasteiger partial charge < -0.3 is 4.98 Å². The molecule has 1 aromatic heterocycles. The van der Waals surface area contributed by atoms with Crippen molar-refractivity contribution in [2.45, 2.75) is 6.92 Å². The lowest BCUT2D eigenvalue weighted by Crippen LogP contribution is -2.04. The Morgan fingerprint density at radius 2 is 1.79 bits per heavy atom. The van der Waals surface area contributed by atoms with Crippen molar-refractivity contribution in [3.8, 4) is 0 Å². The molecule has 3 heteroatoms.